The Balaban J connectivity index is 1.92. The molecule has 0 saturated heterocycles. The molecule has 1 aliphatic rings. The fourth-order valence-corrected chi connectivity index (χ4v) is 3.33. The number of benzene rings is 2. The largest absolute Gasteiger partial charge is 0.494 e. The third-order valence-electron chi connectivity index (χ3n) is 4.44. The Morgan fingerprint density at radius 2 is 1.81 bits per heavy atom. The van der Waals surface area contributed by atoms with Crippen molar-refractivity contribution in [1.82, 2.24) is 0 Å². The summed E-state index contributed by atoms with van der Waals surface area (Å²) < 4.78 is 10.5. The van der Waals surface area contributed by atoms with Gasteiger partial charge in [0.05, 0.1) is 24.5 Å². The van der Waals surface area contributed by atoms with Gasteiger partial charge in [-0.15, -0.1) is 0 Å². The van der Waals surface area contributed by atoms with Gasteiger partial charge < -0.3 is 14.8 Å². The summed E-state index contributed by atoms with van der Waals surface area (Å²) in [5, 5.41) is 2.99. The van der Waals surface area contributed by atoms with Crippen LogP contribution in [0.15, 0.2) is 47.1 Å². The summed E-state index contributed by atoms with van der Waals surface area (Å²) in [6.45, 7) is 5.23. The maximum absolute atomic E-state index is 13.1. The second-order valence-corrected chi connectivity index (χ2v) is 7.85. The molecule has 2 aromatic carbocycles. The molecule has 0 fully saturated rings. The number of hydrogen-bond acceptors (Lipinski definition) is 6. The van der Waals surface area contributed by atoms with Crippen LogP contribution in [0, 0.1) is 6.92 Å². The van der Waals surface area contributed by atoms with E-state index in [-0.39, 0.29) is 28.3 Å². The second kappa shape index (κ2) is 8.99. The van der Waals surface area contributed by atoms with Gasteiger partial charge in [0.15, 0.2) is 0 Å². The van der Waals surface area contributed by atoms with Crippen LogP contribution in [0.1, 0.15) is 29.8 Å². The summed E-state index contributed by atoms with van der Waals surface area (Å²) in [7, 11) is 1.41. The molecule has 0 radical (unpaired) electrons. The number of carbonyl (C=O) groups excluding carboxylic acids is 3. The number of imide groups is 1. The van der Waals surface area contributed by atoms with E-state index in [0.717, 1.165) is 4.90 Å². The van der Waals surface area contributed by atoms with Crippen molar-refractivity contribution in [3.8, 4) is 5.75 Å². The van der Waals surface area contributed by atoms with Gasteiger partial charge in [-0.1, -0.05) is 29.3 Å². The van der Waals surface area contributed by atoms with Crippen molar-refractivity contribution in [1.29, 1.82) is 0 Å². The lowest BCUT2D eigenvalue weighted by Crippen LogP contribution is -2.32. The number of nitrogens with one attached hydrogen (secondary N) is 1. The molecule has 1 N–H and O–H groups in total. The number of rotatable bonds is 6. The van der Waals surface area contributed by atoms with Gasteiger partial charge in [-0.05, 0) is 50.6 Å². The first-order valence-corrected chi connectivity index (χ1v) is 10.1. The lowest BCUT2D eigenvalue weighted by Gasteiger charge is -2.19. The summed E-state index contributed by atoms with van der Waals surface area (Å²) in [5.74, 6) is -1.62. The van der Waals surface area contributed by atoms with E-state index in [0.29, 0.717) is 21.8 Å². The predicted molar refractivity (Wildman–Crippen MR) is 119 cm³/mol. The van der Waals surface area contributed by atoms with Crippen molar-refractivity contribution in [2.45, 2.75) is 26.9 Å². The maximum atomic E-state index is 13.1. The molecular formula is C22H20Cl2N2O5. The van der Waals surface area contributed by atoms with Gasteiger partial charge >= 0.3 is 5.97 Å². The van der Waals surface area contributed by atoms with E-state index in [1.807, 2.05) is 0 Å². The van der Waals surface area contributed by atoms with E-state index in [9.17, 15) is 14.4 Å². The van der Waals surface area contributed by atoms with Crippen LogP contribution >= 0.6 is 23.2 Å². The van der Waals surface area contributed by atoms with Crippen LogP contribution in [0.2, 0.25) is 5.02 Å². The highest BCUT2D eigenvalue weighted by Gasteiger charge is 2.40. The quantitative estimate of drug-likeness (QED) is 0.496. The van der Waals surface area contributed by atoms with Crippen molar-refractivity contribution in [3.05, 3.63) is 63.3 Å². The van der Waals surface area contributed by atoms with Crippen molar-refractivity contribution >= 4 is 52.4 Å². The zero-order valence-electron chi connectivity index (χ0n) is 17.3. The average molecular weight is 463 g/mol. The van der Waals surface area contributed by atoms with Crippen LogP contribution in [0.25, 0.3) is 0 Å². The Morgan fingerprint density at radius 1 is 1.10 bits per heavy atom. The maximum Gasteiger partial charge on any atom is 0.338 e. The molecule has 2 aromatic rings. The SMILES string of the molecule is COc1cc(Cl)c(C)cc1N1C(=O)C(Cl)=C(Nc2cccc(C(=O)OC(C)C)c2)C1=O. The van der Waals surface area contributed by atoms with Crippen LogP contribution in [-0.2, 0) is 14.3 Å². The van der Waals surface area contributed by atoms with E-state index in [4.69, 9.17) is 32.7 Å². The molecule has 0 aliphatic carbocycles. The number of ether oxygens (including phenoxy) is 2. The molecule has 1 heterocycles. The van der Waals surface area contributed by atoms with E-state index < -0.39 is 17.8 Å². The molecule has 0 spiro atoms. The highest BCUT2D eigenvalue weighted by molar-refractivity contribution is 6.53. The van der Waals surface area contributed by atoms with E-state index in [2.05, 4.69) is 5.32 Å². The monoisotopic (exact) mass is 462 g/mol. The smallest absolute Gasteiger partial charge is 0.338 e. The second-order valence-electron chi connectivity index (χ2n) is 7.07. The molecular weight excluding hydrogens is 443 g/mol. The van der Waals surface area contributed by atoms with Gasteiger partial charge in [0.25, 0.3) is 11.8 Å². The number of aryl methyl sites for hydroxylation is 1. The number of carbonyl (C=O) groups is 3. The standard InChI is InChI=1S/C22H20Cl2N2O5/c1-11(2)31-22(29)13-6-5-7-14(9-13)25-19-18(24)20(27)26(21(19)28)16-8-12(3)15(23)10-17(16)30-4/h5-11,25H,1-4H3. The summed E-state index contributed by atoms with van der Waals surface area (Å²) in [5.41, 5.74) is 1.46. The summed E-state index contributed by atoms with van der Waals surface area (Å²) in [4.78, 5) is 38.9. The van der Waals surface area contributed by atoms with Gasteiger partial charge in [-0.25, -0.2) is 9.69 Å². The molecule has 31 heavy (non-hydrogen) atoms. The van der Waals surface area contributed by atoms with E-state index >= 15 is 0 Å². The van der Waals surface area contributed by atoms with Gasteiger partial charge in [0.2, 0.25) is 0 Å². The topological polar surface area (TPSA) is 84.9 Å². The van der Waals surface area contributed by atoms with Crippen LogP contribution in [-0.4, -0.2) is 31.0 Å². The minimum atomic E-state index is -0.704. The summed E-state index contributed by atoms with van der Waals surface area (Å²) in [6, 6.07) is 9.45. The first-order chi connectivity index (χ1) is 14.6. The molecule has 0 aromatic heterocycles. The molecule has 0 saturated carbocycles. The van der Waals surface area contributed by atoms with Crippen molar-refractivity contribution in [2.24, 2.45) is 0 Å². The van der Waals surface area contributed by atoms with Gasteiger partial charge in [0.1, 0.15) is 16.5 Å². The molecule has 0 atom stereocenters. The number of hydrogen-bond donors (Lipinski definition) is 1. The van der Waals surface area contributed by atoms with Crippen molar-refractivity contribution in [3.63, 3.8) is 0 Å². The fourth-order valence-electron chi connectivity index (χ4n) is 2.97. The third kappa shape index (κ3) is 4.52. The Kier molecular flexibility index (Phi) is 6.57. The molecule has 7 nitrogen and oxygen atoms in total. The zero-order valence-corrected chi connectivity index (χ0v) is 18.8. The molecule has 1 aliphatic heterocycles. The summed E-state index contributed by atoms with van der Waals surface area (Å²) >= 11 is 12.3. The van der Waals surface area contributed by atoms with Crippen LogP contribution in [0.5, 0.6) is 5.75 Å². The number of methoxy groups -OCH3 is 1. The number of anilines is 2. The third-order valence-corrected chi connectivity index (χ3v) is 5.20. The Labute approximate surface area is 189 Å². The molecule has 2 amide bonds. The first-order valence-electron chi connectivity index (χ1n) is 9.34. The van der Waals surface area contributed by atoms with E-state index in [1.54, 1.807) is 45.0 Å². The minimum Gasteiger partial charge on any atom is -0.494 e. The number of amides is 2. The highest BCUT2D eigenvalue weighted by Crippen LogP contribution is 2.38. The highest BCUT2D eigenvalue weighted by atomic mass is 35.5. The Hall–Kier alpha value is -3.03. The van der Waals surface area contributed by atoms with Gasteiger partial charge in [-0.2, -0.15) is 0 Å². The normalized spacial score (nSPS) is 13.8. The van der Waals surface area contributed by atoms with Crippen LogP contribution in [0.3, 0.4) is 0 Å². The molecule has 0 unspecified atom stereocenters. The predicted octanol–water partition coefficient (Wildman–Crippen LogP) is 4.66. The molecule has 9 heteroatoms. The minimum absolute atomic E-state index is 0.115. The lowest BCUT2D eigenvalue weighted by molar-refractivity contribution is -0.120. The first kappa shape index (κ1) is 22.7. The number of esters is 1. The van der Waals surface area contributed by atoms with Crippen LogP contribution in [0.4, 0.5) is 11.4 Å². The van der Waals surface area contributed by atoms with E-state index in [1.165, 1.54) is 19.2 Å². The zero-order chi connectivity index (χ0) is 22.9. The molecule has 162 valence electrons. The van der Waals surface area contributed by atoms with Gasteiger partial charge in [-0.3, -0.25) is 9.59 Å². The average Bonchev–Trinajstić information content (AvgIpc) is 2.92. The summed E-state index contributed by atoms with van der Waals surface area (Å²) in [6.07, 6.45) is -0.276. The Bertz CT molecular complexity index is 1110. The molecule has 3 rings (SSSR count). The fraction of sp³-hybridized carbons (Fsp3) is 0.227. The van der Waals surface area contributed by atoms with Crippen LogP contribution < -0.4 is 15.0 Å². The van der Waals surface area contributed by atoms with Crippen molar-refractivity contribution < 1.29 is 23.9 Å². The molecule has 0 bridgehead atoms. The number of nitrogens with zero attached hydrogens (tertiary/aromatic N) is 1. The number of halogens is 2. The lowest BCUT2D eigenvalue weighted by atomic mass is 10.2. The van der Waals surface area contributed by atoms with Gasteiger partial charge in [0, 0.05) is 16.8 Å². The Morgan fingerprint density at radius 3 is 2.45 bits per heavy atom. The van der Waals surface area contributed by atoms with Crippen molar-refractivity contribution in [2.75, 3.05) is 17.3 Å².